The summed E-state index contributed by atoms with van der Waals surface area (Å²) in [5, 5.41) is 8.54. The third-order valence-electron chi connectivity index (χ3n) is 6.16. The maximum Gasteiger partial charge on any atom is 3.00 e. The van der Waals surface area contributed by atoms with Gasteiger partial charge in [-0.15, -0.1) is 12.0 Å². The zero-order valence-corrected chi connectivity index (χ0v) is 18.6. The first-order chi connectivity index (χ1) is 11.2. The molecule has 4 rings (SSSR count). The molecule has 1 saturated carbocycles. The monoisotopic (exact) mass is 393 g/mol. The Labute approximate surface area is 176 Å². The van der Waals surface area contributed by atoms with Crippen molar-refractivity contribution in [2.24, 2.45) is 11.8 Å². The van der Waals surface area contributed by atoms with Crippen molar-refractivity contribution >= 4 is 5.97 Å². The van der Waals surface area contributed by atoms with E-state index in [1.54, 1.807) is 22.3 Å². The van der Waals surface area contributed by atoms with Crippen molar-refractivity contribution in [3.63, 3.8) is 0 Å². The minimum Gasteiger partial charge on any atom is -0.481 e. The zero-order valence-electron chi connectivity index (χ0n) is 17.1. The molecule has 1 fully saturated rings. The summed E-state index contributed by atoms with van der Waals surface area (Å²) >= 11 is 0. The van der Waals surface area contributed by atoms with E-state index in [2.05, 4.69) is 13.3 Å². The second kappa shape index (κ2) is 12.1. The first-order valence-corrected chi connectivity index (χ1v) is 9.70. The summed E-state index contributed by atoms with van der Waals surface area (Å²) in [6.07, 6.45) is 17.5. The summed E-state index contributed by atoms with van der Waals surface area (Å²) in [6.45, 7) is 2.42. The Hall–Kier alpha value is -0.466. The van der Waals surface area contributed by atoms with Crippen molar-refractivity contribution in [3.8, 4) is 0 Å². The predicted octanol–water partition coefficient (Wildman–Crippen LogP) is 6.74. The van der Waals surface area contributed by atoms with Crippen molar-refractivity contribution < 1.29 is 31.6 Å². The second-order valence-electron chi connectivity index (χ2n) is 7.64. The Kier molecular flexibility index (Phi) is 11.9. The van der Waals surface area contributed by atoms with Crippen molar-refractivity contribution in [2.75, 3.05) is 0 Å². The molecule has 1 radical (unpaired) electrons. The molecule has 145 valence electrons. The van der Waals surface area contributed by atoms with Gasteiger partial charge in [-0.25, -0.2) is 12.0 Å². The van der Waals surface area contributed by atoms with Gasteiger partial charge in [-0.05, 0) is 38.0 Å². The van der Waals surface area contributed by atoms with Crippen molar-refractivity contribution in [1.29, 1.82) is 0 Å². The number of aliphatic carboxylic acids is 1. The predicted molar refractivity (Wildman–Crippen MR) is 107 cm³/mol. The van der Waals surface area contributed by atoms with Gasteiger partial charge in [0.15, 0.2) is 0 Å². The molecule has 1 unspecified atom stereocenters. The SMILES string of the molecule is CC1C2=C(CCC[CH-]2)C2=C1CCCC2.O=C(O)C1CCCCC1.[CH3-].[CH3-].[Ti+3]. The minimum absolute atomic E-state index is 0. The van der Waals surface area contributed by atoms with Crippen LogP contribution in [0.15, 0.2) is 22.3 Å². The van der Waals surface area contributed by atoms with Gasteiger partial charge in [0.1, 0.15) is 0 Å². The normalized spacial score (nSPS) is 24.4. The Morgan fingerprint density at radius 1 is 0.923 bits per heavy atom. The fourth-order valence-electron chi connectivity index (χ4n) is 4.86. The number of carboxylic acids is 1. The second-order valence-corrected chi connectivity index (χ2v) is 7.64. The smallest absolute Gasteiger partial charge is 0.481 e. The number of allylic oxidation sites excluding steroid dienone is 4. The molecule has 0 amide bonds. The molecule has 2 nitrogen and oxygen atoms in total. The van der Waals surface area contributed by atoms with Crippen LogP contribution in [-0.2, 0) is 26.5 Å². The van der Waals surface area contributed by atoms with Crippen molar-refractivity contribution in [2.45, 2.75) is 84.0 Å². The number of carboxylic acid groups (broad SMARTS) is 1. The van der Waals surface area contributed by atoms with E-state index in [-0.39, 0.29) is 42.5 Å². The molecule has 1 atom stereocenters. The van der Waals surface area contributed by atoms with Gasteiger partial charge in [-0.3, -0.25) is 4.79 Å². The molecule has 0 aromatic carbocycles. The maximum atomic E-state index is 10.4. The molecule has 26 heavy (non-hydrogen) atoms. The Morgan fingerprint density at radius 2 is 1.54 bits per heavy atom. The fourth-order valence-corrected chi connectivity index (χ4v) is 4.86. The molecular formula is C23H37O2Ti. The van der Waals surface area contributed by atoms with Crippen molar-refractivity contribution in [1.82, 2.24) is 0 Å². The van der Waals surface area contributed by atoms with E-state index in [0.29, 0.717) is 0 Å². The standard InChI is InChI=1S/C14H19.C7H12O2.2CH3.Ti/c1-10-11-6-2-4-8-13(11)14-9-5-3-7-12(10)14;8-7(9)6-4-2-1-3-5-6;;;/h6,10H,2-5,7-9H2,1H3;6H,1-5H2,(H,8,9);2*1H3;/q-1;;2*-1;+3. The van der Waals surface area contributed by atoms with E-state index < -0.39 is 5.97 Å². The number of fused-ring (bicyclic) bond motifs is 1. The number of rotatable bonds is 1. The summed E-state index contributed by atoms with van der Waals surface area (Å²) in [5.74, 6) is 0.147. The summed E-state index contributed by atoms with van der Waals surface area (Å²) in [6, 6.07) is 0. The Bertz CT molecular complexity index is 480. The average molecular weight is 393 g/mol. The van der Waals surface area contributed by atoms with Crippen LogP contribution in [0.3, 0.4) is 0 Å². The summed E-state index contributed by atoms with van der Waals surface area (Å²) in [5.41, 5.74) is 7.07. The molecule has 0 saturated heterocycles. The molecule has 0 aromatic heterocycles. The van der Waals surface area contributed by atoms with Crippen LogP contribution in [0.1, 0.15) is 84.0 Å². The van der Waals surface area contributed by atoms with Crippen LogP contribution >= 0.6 is 0 Å². The Balaban J connectivity index is 0.000000466. The van der Waals surface area contributed by atoms with Gasteiger partial charge >= 0.3 is 27.7 Å². The van der Waals surface area contributed by atoms with Crippen molar-refractivity contribution in [3.05, 3.63) is 43.6 Å². The van der Waals surface area contributed by atoms with Gasteiger partial charge in [0.25, 0.3) is 0 Å². The summed E-state index contributed by atoms with van der Waals surface area (Å²) < 4.78 is 0. The fraction of sp³-hybridized carbons (Fsp3) is 0.652. The van der Waals surface area contributed by atoms with E-state index in [9.17, 15) is 4.79 Å². The van der Waals surface area contributed by atoms with Crippen LogP contribution in [0.25, 0.3) is 0 Å². The summed E-state index contributed by atoms with van der Waals surface area (Å²) in [7, 11) is 0. The molecule has 0 bridgehead atoms. The molecule has 0 aromatic rings. The number of hydrogen-bond acceptors (Lipinski definition) is 1. The molecule has 0 spiro atoms. The van der Waals surface area contributed by atoms with E-state index in [4.69, 9.17) is 5.11 Å². The molecule has 4 aliphatic rings. The van der Waals surface area contributed by atoms with Crippen LogP contribution in [0.4, 0.5) is 0 Å². The number of hydrogen-bond donors (Lipinski definition) is 1. The van der Waals surface area contributed by atoms with Crippen LogP contribution in [0.2, 0.25) is 0 Å². The largest absolute Gasteiger partial charge is 3.00 e. The molecule has 3 heteroatoms. The van der Waals surface area contributed by atoms with Crippen LogP contribution < -0.4 is 0 Å². The average Bonchev–Trinajstić information content (AvgIpc) is 2.90. The quantitative estimate of drug-likeness (QED) is 0.396. The Morgan fingerprint density at radius 3 is 2.15 bits per heavy atom. The van der Waals surface area contributed by atoms with Crippen LogP contribution in [0.5, 0.6) is 0 Å². The van der Waals surface area contributed by atoms with Gasteiger partial charge in [0.05, 0.1) is 5.92 Å². The molecular weight excluding hydrogens is 356 g/mol. The third kappa shape index (κ3) is 5.76. The van der Waals surface area contributed by atoms with Gasteiger partial charge in [-0.2, -0.15) is 5.57 Å². The maximum absolute atomic E-state index is 10.4. The topological polar surface area (TPSA) is 37.3 Å². The van der Waals surface area contributed by atoms with E-state index in [1.807, 2.05) is 0 Å². The van der Waals surface area contributed by atoms with Crippen LogP contribution in [-0.4, -0.2) is 11.1 Å². The minimum atomic E-state index is -0.602. The van der Waals surface area contributed by atoms with E-state index >= 15 is 0 Å². The molecule has 1 N–H and O–H groups in total. The molecule has 0 heterocycles. The van der Waals surface area contributed by atoms with Crippen LogP contribution in [0, 0.1) is 33.1 Å². The third-order valence-corrected chi connectivity index (χ3v) is 6.16. The molecule has 4 aliphatic carbocycles. The summed E-state index contributed by atoms with van der Waals surface area (Å²) in [4.78, 5) is 10.4. The van der Waals surface area contributed by atoms with Gasteiger partial charge in [0.2, 0.25) is 0 Å². The van der Waals surface area contributed by atoms with E-state index in [0.717, 1.165) is 31.6 Å². The molecule has 0 aliphatic heterocycles. The van der Waals surface area contributed by atoms with E-state index in [1.165, 1.54) is 51.4 Å². The van der Waals surface area contributed by atoms with Gasteiger partial charge in [0, 0.05) is 0 Å². The van der Waals surface area contributed by atoms with Gasteiger partial charge < -0.3 is 20.0 Å². The first-order valence-electron chi connectivity index (χ1n) is 9.70. The zero-order chi connectivity index (χ0) is 16.2. The van der Waals surface area contributed by atoms with Gasteiger partial charge in [-0.1, -0.05) is 51.0 Å². The first kappa shape index (κ1) is 25.5. The number of carbonyl (C=O) groups is 1.